The van der Waals surface area contributed by atoms with E-state index in [1.807, 2.05) is 44.4 Å². The minimum atomic E-state index is 0.166. The van der Waals surface area contributed by atoms with Crippen molar-refractivity contribution in [2.24, 2.45) is 10.8 Å². The highest BCUT2D eigenvalue weighted by Gasteiger charge is 2.14. The summed E-state index contributed by atoms with van der Waals surface area (Å²) in [5.41, 5.74) is 10.0. The first-order chi connectivity index (χ1) is 8.02. The van der Waals surface area contributed by atoms with Gasteiger partial charge in [0.05, 0.1) is 11.8 Å². The Bertz CT molecular complexity index is 400. The minimum absolute atomic E-state index is 0.166. The molecule has 0 saturated carbocycles. The first kappa shape index (κ1) is 13.6. The Hall–Kier alpha value is -1.46. The molecule has 0 aromatic heterocycles. The molecule has 0 aliphatic carbocycles. The van der Waals surface area contributed by atoms with E-state index in [-0.39, 0.29) is 11.2 Å². The molecule has 1 atom stereocenters. The average molecular weight is 250 g/mol. The summed E-state index contributed by atoms with van der Waals surface area (Å²) < 4.78 is 0. The maximum Gasteiger partial charge on any atom is 0.184 e. The van der Waals surface area contributed by atoms with Crippen molar-refractivity contribution in [3.63, 3.8) is 0 Å². The predicted octanol–water partition coefficient (Wildman–Crippen LogP) is 1.17. The molecule has 5 heteroatoms. The van der Waals surface area contributed by atoms with Gasteiger partial charge in [-0.1, -0.05) is 30.3 Å². The molecule has 0 saturated heterocycles. The van der Waals surface area contributed by atoms with Crippen LogP contribution in [0, 0.1) is 0 Å². The van der Waals surface area contributed by atoms with E-state index in [4.69, 9.17) is 18.0 Å². The van der Waals surface area contributed by atoms with E-state index in [9.17, 15) is 0 Å². The molecule has 3 N–H and O–H groups in total. The van der Waals surface area contributed by atoms with Crippen LogP contribution in [0.25, 0.3) is 0 Å². The van der Waals surface area contributed by atoms with E-state index in [1.165, 1.54) is 0 Å². The van der Waals surface area contributed by atoms with Gasteiger partial charge in [0, 0.05) is 0 Å². The number of benzene rings is 1. The minimum Gasteiger partial charge on any atom is -0.375 e. The number of nitrogens with one attached hydrogen (secondary N) is 1. The summed E-state index contributed by atoms with van der Waals surface area (Å²) in [6.07, 6.45) is 0. The number of hydrogen-bond donors (Lipinski definition) is 2. The third kappa shape index (κ3) is 4.13. The quantitative estimate of drug-likeness (QED) is 0.478. The van der Waals surface area contributed by atoms with Crippen LogP contribution in [-0.2, 0) is 0 Å². The lowest BCUT2D eigenvalue weighted by atomic mass is 10.0. The summed E-state index contributed by atoms with van der Waals surface area (Å²) in [6.45, 7) is 2.08. The summed E-state index contributed by atoms with van der Waals surface area (Å²) in [5, 5.41) is 4.44. The van der Waals surface area contributed by atoms with E-state index >= 15 is 0 Å². The van der Waals surface area contributed by atoms with Gasteiger partial charge in [0.2, 0.25) is 0 Å². The van der Waals surface area contributed by atoms with Crippen molar-refractivity contribution in [3.8, 4) is 0 Å². The van der Waals surface area contributed by atoms with Gasteiger partial charge in [-0.25, -0.2) is 0 Å². The first-order valence-corrected chi connectivity index (χ1v) is 5.78. The molecule has 1 aromatic rings. The SMILES string of the molecule is CC(C(=NNC(N)=S)c1ccccc1)N(C)C. The van der Waals surface area contributed by atoms with Gasteiger partial charge in [-0.05, 0) is 38.8 Å². The van der Waals surface area contributed by atoms with Crippen LogP contribution in [0.15, 0.2) is 35.4 Å². The van der Waals surface area contributed by atoms with Crippen LogP contribution in [0.3, 0.4) is 0 Å². The predicted molar refractivity (Wildman–Crippen MR) is 76.0 cm³/mol. The number of nitrogens with zero attached hydrogens (tertiary/aromatic N) is 2. The Kier molecular flexibility index (Phi) is 5.06. The lowest BCUT2D eigenvalue weighted by molar-refractivity contribution is 0.381. The molecule has 0 bridgehead atoms. The molecule has 0 fully saturated rings. The van der Waals surface area contributed by atoms with Crippen LogP contribution in [0.1, 0.15) is 12.5 Å². The average Bonchev–Trinajstić information content (AvgIpc) is 2.30. The fraction of sp³-hybridized carbons (Fsp3) is 0.333. The number of hydrazone groups is 1. The summed E-state index contributed by atoms with van der Waals surface area (Å²) in [6, 6.07) is 10.1. The Balaban J connectivity index is 3.03. The number of likely N-dealkylation sites (N-methyl/N-ethyl adjacent to an activating group) is 1. The van der Waals surface area contributed by atoms with Gasteiger partial charge in [-0.2, -0.15) is 5.10 Å². The molecule has 0 aliphatic rings. The highest BCUT2D eigenvalue weighted by atomic mass is 32.1. The van der Waals surface area contributed by atoms with Gasteiger partial charge >= 0.3 is 0 Å². The zero-order valence-corrected chi connectivity index (χ0v) is 11.2. The third-order valence-electron chi connectivity index (χ3n) is 2.53. The lowest BCUT2D eigenvalue weighted by Crippen LogP contribution is -2.36. The number of rotatable bonds is 4. The fourth-order valence-electron chi connectivity index (χ4n) is 1.37. The summed E-state index contributed by atoms with van der Waals surface area (Å²) >= 11 is 4.76. The van der Waals surface area contributed by atoms with Crippen molar-refractivity contribution >= 4 is 23.0 Å². The highest BCUT2D eigenvalue weighted by Crippen LogP contribution is 2.07. The topological polar surface area (TPSA) is 53.6 Å². The zero-order chi connectivity index (χ0) is 12.8. The van der Waals surface area contributed by atoms with Crippen LogP contribution in [0.4, 0.5) is 0 Å². The monoisotopic (exact) mass is 250 g/mol. The lowest BCUT2D eigenvalue weighted by Gasteiger charge is -2.22. The molecule has 4 nitrogen and oxygen atoms in total. The summed E-state index contributed by atoms with van der Waals surface area (Å²) in [7, 11) is 4.01. The second kappa shape index (κ2) is 6.32. The van der Waals surface area contributed by atoms with E-state index in [1.54, 1.807) is 0 Å². The van der Waals surface area contributed by atoms with Gasteiger partial charge in [-0.3, -0.25) is 5.43 Å². The van der Waals surface area contributed by atoms with Crippen molar-refractivity contribution in [3.05, 3.63) is 35.9 Å². The fourth-order valence-corrected chi connectivity index (χ4v) is 1.41. The molecule has 0 aliphatic heterocycles. The summed E-state index contributed by atoms with van der Waals surface area (Å²) in [4.78, 5) is 2.08. The Morgan fingerprint density at radius 1 is 1.35 bits per heavy atom. The molecule has 1 rings (SSSR count). The molecule has 0 heterocycles. The Morgan fingerprint density at radius 2 is 1.94 bits per heavy atom. The smallest absolute Gasteiger partial charge is 0.184 e. The van der Waals surface area contributed by atoms with Crippen molar-refractivity contribution in [2.75, 3.05) is 14.1 Å². The van der Waals surface area contributed by atoms with Crippen LogP contribution in [0.5, 0.6) is 0 Å². The number of thiocarbonyl (C=S) groups is 1. The van der Waals surface area contributed by atoms with Gasteiger partial charge in [0.25, 0.3) is 0 Å². The largest absolute Gasteiger partial charge is 0.375 e. The molecule has 0 spiro atoms. The second-order valence-electron chi connectivity index (χ2n) is 3.98. The standard InChI is InChI=1S/C12H18N4S/c1-9(16(2)3)11(14-15-12(13)17)10-7-5-4-6-8-10/h4-9H,1-3H3,(H3,13,15,17). The molecule has 92 valence electrons. The van der Waals surface area contributed by atoms with Crippen LogP contribution >= 0.6 is 12.2 Å². The van der Waals surface area contributed by atoms with Crippen LogP contribution in [-0.4, -0.2) is 35.9 Å². The van der Waals surface area contributed by atoms with Crippen molar-refractivity contribution < 1.29 is 0 Å². The molecule has 17 heavy (non-hydrogen) atoms. The normalized spacial score (nSPS) is 13.5. The molecular weight excluding hydrogens is 232 g/mol. The molecular formula is C12H18N4S. The third-order valence-corrected chi connectivity index (χ3v) is 2.62. The Labute approximate surface area is 107 Å². The van der Waals surface area contributed by atoms with E-state index < -0.39 is 0 Å². The van der Waals surface area contributed by atoms with Crippen LogP contribution < -0.4 is 11.2 Å². The number of hydrogen-bond acceptors (Lipinski definition) is 3. The number of nitrogens with two attached hydrogens (primary N) is 1. The van der Waals surface area contributed by atoms with Crippen molar-refractivity contribution in [2.45, 2.75) is 13.0 Å². The maximum atomic E-state index is 5.39. The molecule has 0 amide bonds. The van der Waals surface area contributed by atoms with Gasteiger partial charge in [-0.15, -0.1) is 0 Å². The summed E-state index contributed by atoms with van der Waals surface area (Å²) in [5.74, 6) is 0. The van der Waals surface area contributed by atoms with Gasteiger partial charge in [0.15, 0.2) is 5.11 Å². The first-order valence-electron chi connectivity index (χ1n) is 5.37. The second-order valence-corrected chi connectivity index (χ2v) is 4.42. The van der Waals surface area contributed by atoms with E-state index in [2.05, 4.69) is 22.4 Å². The molecule has 0 radical (unpaired) electrons. The highest BCUT2D eigenvalue weighted by molar-refractivity contribution is 7.80. The van der Waals surface area contributed by atoms with Gasteiger partial charge < -0.3 is 10.6 Å². The van der Waals surface area contributed by atoms with Crippen LogP contribution in [0.2, 0.25) is 0 Å². The molecule has 1 unspecified atom stereocenters. The zero-order valence-electron chi connectivity index (χ0n) is 10.3. The van der Waals surface area contributed by atoms with E-state index in [0.717, 1.165) is 11.3 Å². The Morgan fingerprint density at radius 3 is 2.41 bits per heavy atom. The maximum absolute atomic E-state index is 5.39. The van der Waals surface area contributed by atoms with Crippen molar-refractivity contribution in [1.29, 1.82) is 0 Å². The van der Waals surface area contributed by atoms with E-state index in [0.29, 0.717) is 0 Å². The molecule has 1 aromatic carbocycles. The van der Waals surface area contributed by atoms with Crippen molar-refractivity contribution in [1.82, 2.24) is 10.3 Å². The van der Waals surface area contributed by atoms with Gasteiger partial charge in [0.1, 0.15) is 0 Å².